The molecule has 8 nitrogen and oxygen atoms in total. The molecule has 2 unspecified atom stereocenters. The molecule has 1 amide bonds. The summed E-state index contributed by atoms with van der Waals surface area (Å²) in [4.78, 5) is 39.2. The first kappa shape index (κ1) is 24.8. The van der Waals surface area contributed by atoms with Crippen molar-refractivity contribution in [2.45, 2.75) is 52.6 Å². The van der Waals surface area contributed by atoms with Gasteiger partial charge in [-0.05, 0) is 56.7 Å². The standard InChI is InChI=1S/C26H29NO7S/c1-5-32-26(30)23-19-8-6-14(2)10-21(19)35-25(23)27-24(29)15(3)34-22(28)11-16-13-33-20-12-17(31-4)7-9-18(16)20/h7,9,12-15H,5-6,8,10-11H2,1-4H3,(H,27,29). The Labute approximate surface area is 207 Å². The maximum absolute atomic E-state index is 12.9. The van der Waals surface area contributed by atoms with Gasteiger partial charge in [-0.25, -0.2) is 4.79 Å². The number of hydrogen-bond donors (Lipinski definition) is 1. The molecule has 4 rings (SSSR count). The predicted octanol–water partition coefficient (Wildman–Crippen LogP) is 4.92. The highest BCUT2D eigenvalue weighted by atomic mass is 32.1. The first-order valence-electron chi connectivity index (χ1n) is 11.7. The fraction of sp³-hybridized carbons (Fsp3) is 0.423. The number of esters is 2. The number of methoxy groups -OCH3 is 1. The molecular formula is C26H29NO7S. The summed E-state index contributed by atoms with van der Waals surface area (Å²) in [5, 5.41) is 4.02. The average molecular weight is 500 g/mol. The molecule has 1 aliphatic carbocycles. The van der Waals surface area contributed by atoms with Gasteiger partial charge in [0.05, 0.1) is 32.0 Å². The maximum Gasteiger partial charge on any atom is 0.341 e. The van der Waals surface area contributed by atoms with Crippen LogP contribution >= 0.6 is 11.3 Å². The minimum Gasteiger partial charge on any atom is -0.497 e. The number of hydrogen-bond acceptors (Lipinski definition) is 8. The number of amides is 1. The van der Waals surface area contributed by atoms with Crippen LogP contribution in [0.1, 0.15) is 53.6 Å². The van der Waals surface area contributed by atoms with E-state index in [0.29, 0.717) is 33.4 Å². The average Bonchev–Trinajstić information content (AvgIpc) is 3.38. The normalized spacial score (nSPS) is 15.8. The molecule has 3 aromatic rings. The van der Waals surface area contributed by atoms with Crippen molar-refractivity contribution >= 4 is 45.2 Å². The molecular weight excluding hydrogens is 470 g/mol. The maximum atomic E-state index is 12.9. The van der Waals surface area contributed by atoms with Gasteiger partial charge in [-0.3, -0.25) is 9.59 Å². The van der Waals surface area contributed by atoms with Gasteiger partial charge in [-0.1, -0.05) is 6.92 Å². The molecule has 2 aromatic heterocycles. The summed E-state index contributed by atoms with van der Waals surface area (Å²) in [6.45, 7) is 5.67. The topological polar surface area (TPSA) is 104 Å². The van der Waals surface area contributed by atoms with Crippen molar-refractivity contribution in [1.29, 1.82) is 0 Å². The Balaban J connectivity index is 1.44. The van der Waals surface area contributed by atoms with E-state index in [-0.39, 0.29) is 13.0 Å². The molecule has 1 N–H and O–H groups in total. The predicted molar refractivity (Wildman–Crippen MR) is 132 cm³/mol. The van der Waals surface area contributed by atoms with Gasteiger partial charge in [0.15, 0.2) is 6.10 Å². The number of fused-ring (bicyclic) bond motifs is 2. The molecule has 1 aliphatic rings. The van der Waals surface area contributed by atoms with Gasteiger partial charge in [0.25, 0.3) is 5.91 Å². The second-order valence-electron chi connectivity index (χ2n) is 8.70. The highest BCUT2D eigenvalue weighted by molar-refractivity contribution is 7.17. The van der Waals surface area contributed by atoms with Crippen LogP contribution in [0.25, 0.3) is 11.0 Å². The number of ether oxygens (including phenoxy) is 3. The van der Waals surface area contributed by atoms with E-state index in [2.05, 4.69) is 12.2 Å². The zero-order valence-electron chi connectivity index (χ0n) is 20.3. The number of nitrogens with one attached hydrogen (secondary N) is 1. The smallest absolute Gasteiger partial charge is 0.341 e. The Morgan fingerprint density at radius 1 is 1.29 bits per heavy atom. The van der Waals surface area contributed by atoms with E-state index in [1.165, 1.54) is 24.5 Å². The third-order valence-electron chi connectivity index (χ3n) is 6.10. The van der Waals surface area contributed by atoms with Crippen LogP contribution in [-0.4, -0.2) is 37.7 Å². The van der Waals surface area contributed by atoms with Crippen molar-refractivity contribution in [2.24, 2.45) is 5.92 Å². The van der Waals surface area contributed by atoms with E-state index >= 15 is 0 Å². The lowest BCUT2D eigenvalue weighted by atomic mass is 9.88. The van der Waals surface area contributed by atoms with E-state index in [1.807, 2.05) is 6.07 Å². The quantitative estimate of drug-likeness (QED) is 0.439. The Morgan fingerprint density at radius 3 is 2.83 bits per heavy atom. The van der Waals surface area contributed by atoms with Gasteiger partial charge >= 0.3 is 11.9 Å². The van der Waals surface area contributed by atoms with E-state index in [4.69, 9.17) is 18.6 Å². The lowest BCUT2D eigenvalue weighted by molar-refractivity contribution is -0.152. The van der Waals surface area contributed by atoms with Gasteiger partial charge in [0.2, 0.25) is 0 Å². The molecule has 0 saturated heterocycles. The molecule has 0 aliphatic heterocycles. The number of rotatable bonds is 8. The van der Waals surface area contributed by atoms with E-state index in [0.717, 1.165) is 35.1 Å². The van der Waals surface area contributed by atoms with Crippen LogP contribution in [0.2, 0.25) is 0 Å². The number of furan rings is 1. The molecule has 2 atom stereocenters. The third-order valence-corrected chi connectivity index (χ3v) is 7.27. The van der Waals surface area contributed by atoms with Gasteiger partial charge in [0.1, 0.15) is 16.3 Å². The molecule has 186 valence electrons. The lowest BCUT2D eigenvalue weighted by Gasteiger charge is -2.18. The second kappa shape index (κ2) is 10.5. The number of anilines is 1. The summed E-state index contributed by atoms with van der Waals surface area (Å²) in [5.74, 6) is -0.339. The zero-order valence-corrected chi connectivity index (χ0v) is 21.1. The van der Waals surface area contributed by atoms with Crippen LogP contribution < -0.4 is 10.1 Å². The highest BCUT2D eigenvalue weighted by Gasteiger charge is 2.30. The first-order chi connectivity index (χ1) is 16.8. The molecule has 0 bridgehead atoms. The van der Waals surface area contributed by atoms with Crippen molar-refractivity contribution in [3.63, 3.8) is 0 Å². The van der Waals surface area contributed by atoms with E-state index in [1.54, 1.807) is 26.2 Å². The van der Waals surface area contributed by atoms with Crippen LogP contribution in [-0.2, 0) is 38.3 Å². The fourth-order valence-corrected chi connectivity index (χ4v) is 5.65. The largest absolute Gasteiger partial charge is 0.497 e. The van der Waals surface area contributed by atoms with Crippen LogP contribution in [0.15, 0.2) is 28.9 Å². The molecule has 0 fully saturated rings. The molecule has 35 heavy (non-hydrogen) atoms. The summed E-state index contributed by atoms with van der Waals surface area (Å²) in [6, 6.07) is 5.33. The Hall–Kier alpha value is -3.33. The molecule has 0 saturated carbocycles. The van der Waals surface area contributed by atoms with Gasteiger partial charge in [-0.15, -0.1) is 11.3 Å². The zero-order chi connectivity index (χ0) is 25.1. The van der Waals surface area contributed by atoms with Gasteiger partial charge < -0.3 is 23.9 Å². The number of benzene rings is 1. The Kier molecular flexibility index (Phi) is 7.45. The highest BCUT2D eigenvalue weighted by Crippen LogP contribution is 2.40. The van der Waals surface area contributed by atoms with E-state index in [9.17, 15) is 14.4 Å². The van der Waals surface area contributed by atoms with Crippen LogP contribution in [0.4, 0.5) is 5.00 Å². The number of thiophene rings is 1. The van der Waals surface area contributed by atoms with Crippen molar-refractivity contribution in [3.05, 3.63) is 46.0 Å². The summed E-state index contributed by atoms with van der Waals surface area (Å²) in [6.07, 6.45) is 3.01. The van der Waals surface area contributed by atoms with Crippen molar-refractivity contribution in [1.82, 2.24) is 0 Å². The van der Waals surface area contributed by atoms with Crippen molar-refractivity contribution < 1.29 is 33.0 Å². The number of carbonyl (C=O) groups is 3. The summed E-state index contributed by atoms with van der Waals surface area (Å²) >= 11 is 1.40. The monoisotopic (exact) mass is 499 g/mol. The van der Waals surface area contributed by atoms with Crippen LogP contribution in [0.5, 0.6) is 5.75 Å². The molecule has 0 spiro atoms. The Bertz CT molecular complexity index is 1260. The van der Waals surface area contributed by atoms with Gasteiger partial charge in [-0.2, -0.15) is 0 Å². The molecule has 9 heteroatoms. The minimum atomic E-state index is -1.05. The van der Waals surface area contributed by atoms with Crippen LogP contribution in [0.3, 0.4) is 0 Å². The van der Waals surface area contributed by atoms with Crippen molar-refractivity contribution in [2.75, 3.05) is 19.0 Å². The molecule has 2 heterocycles. The second-order valence-corrected chi connectivity index (χ2v) is 9.80. The summed E-state index contributed by atoms with van der Waals surface area (Å²) in [7, 11) is 1.57. The van der Waals surface area contributed by atoms with Crippen molar-refractivity contribution in [3.8, 4) is 5.75 Å². The number of carbonyl (C=O) groups excluding carboxylic acids is 3. The van der Waals surface area contributed by atoms with Gasteiger partial charge in [0, 0.05) is 21.9 Å². The third kappa shape index (κ3) is 5.35. The van der Waals surface area contributed by atoms with Crippen LogP contribution in [0, 0.1) is 5.92 Å². The lowest BCUT2D eigenvalue weighted by Crippen LogP contribution is -2.30. The SMILES string of the molecule is CCOC(=O)c1c(NC(=O)C(C)OC(=O)Cc2coc3cc(OC)ccc23)sc2c1CCC(C)C2. The summed E-state index contributed by atoms with van der Waals surface area (Å²) in [5.41, 5.74) is 2.63. The fourth-order valence-electron chi connectivity index (χ4n) is 4.25. The minimum absolute atomic E-state index is 0.0454. The first-order valence-corrected chi connectivity index (χ1v) is 12.5. The molecule has 0 radical (unpaired) electrons. The van der Waals surface area contributed by atoms with E-state index < -0.39 is 23.9 Å². The molecule has 1 aromatic carbocycles. The summed E-state index contributed by atoms with van der Waals surface area (Å²) < 4.78 is 21.3. The Morgan fingerprint density at radius 2 is 2.09 bits per heavy atom.